The van der Waals surface area contributed by atoms with E-state index in [1.807, 2.05) is 33.0 Å². The third kappa shape index (κ3) is 4.38. The van der Waals surface area contributed by atoms with Crippen molar-refractivity contribution in [2.45, 2.75) is 26.3 Å². The van der Waals surface area contributed by atoms with Gasteiger partial charge in [-0.3, -0.25) is 4.79 Å². The molecule has 0 aliphatic heterocycles. The molecule has 0 aliphatic carbocycles. The summed E-state index contributed by atoms with van der Waals surface area (Å²) in [6, 6.07) is 11.5. The van der Waals surface area contributed by atoms with Crippen LogP contribution in [0.15, 0.2) is 47.0 Å². The number of nitrogens with zero attached hydrogens (tertiary/aromatic N) is 2. The Morgan fingerprint density at radius 2 is 2.04 bits per heavy atom. The Bertz CT molecular complexity index is 955. The number of carbonyl (C=O) groups excluding carboxylic acids is 1. The lowest BCUT2D eigenvalue weighted by molar-refractivity contribution is 0.102. The van der Waals surface area contributed by atoms with E-state index in [0.29, 0.717) is 29.4 Å². The summed E-state index contributed by atoms with van der Waals surface area (Å²) >= 11 is 0. The Balaban J connectivity index is 1.82. The molecule has 0 fully saturated rings. The molecule has 1 amide bonds. The molecule has 1 aromatic heterocycles. The van der Waals surface area contributed by atoms with Gasteiger partial charge in [-0.1, -0.05) is 23.4 Å². The van der Waals surface area contributed by atoms with Gasteiger partial charge in [0, 0.05) is 23.7 Å². The van der Waals surface area contributed by atoms with Crippen molar-refractivity contribution in [2.24, 2.45) is 0 Å². The summed E-state index contributed by atoms with van der Waals surface area (Å²) < 4.78 is 19.2. The van der Waals surface area contributed by atoms with Crippen LogP contribution in [0, 0.1) is 12.7 Å². The molecule has 2 N–H and O–H groups in total. The fourth-order valence-electron chi connectivity index (χ4n) is 2.55. The quantitative estimate of drug-likeness (QED) is 0.695. The van der Waals surface area contributed by atoms with Gasteiger partial charge >= 0.3 is 0 Å². The van der Waals surface area contributed by atoms with Crippen molar-refractivity contribution in [3.05, 3.63) is 65.2 Å². The average molecular weight is 368 g/mol. The molecular weight excluding hydrogens is 347 g/mol. The lowest BCUT2D eigenvalue weighted by Gasteiger charge is -2.10. The van der Waals surface area contributed by atoms with Crippen molar-refractivity contribution in [1.29, 1.82) is 0 Å². The van der Waals surface area contributed by atoms with Gasteiger partial charge in [0.2, 0.25) is 0 Å². The van der Waals surface area contributed by atoms with Gasteiger partial charge in [0.1, 0.15) is 5.82 Å². The van der Waals surface area contributed by atoms with Gasteiger partial charge in [-0.25, -0.2) is 4.39 Å². The number of nitrogens with one attached hydrogen (secondary N) is 2. The summed E-state index contributed by atoms with van der Waals surface area (Å²) in [5, 5.41) is 9.86. The van der Waals surface area contributed by atoms with Gasteiger partial charge in [0.25, 0.3) is 11.8 Å². The van der Waals surface area contributed by atoms with E-state index < -0.39 is 11.7 Å². The Morgan fingerprint density at radius 1 is 1.26 bits per heavy atom. The number of rotatable bonds is 6. The highest BCUT2D eigenvalue weighted by Crippen LogP contribution is 2.25. The highest BCUT2D eigenvalue weighted by molar-refractivity contribution is 6.05. The van der Waals surface area contributed by atoms with Gasteiger partial charge in [0.05, 0.1) is 5.56 Å². The fourth-order valence-corrected chi connectivity index (χ4v) is 2.55. The highest BCUT2D eigenvalue weighted by Gasteiger charge is 2.15. The van der Waals surface area contributed by atoms with Crippen molar-refractivity contribution >= 4 is 11.6 Å². The first kappa shape index (κ1) is 18.7. The molecule has 3 aromatic rings. The third-order valence-corrected chi connectivity index (χ3v) is 4.30. The first-order valence-corrected chi connectivity index (χ1v) is 8.64. The maximum absolute atomic E-state index is 13.8. The second-order valence-electron chi connectivity index (χ2n) is 6.37. The Hall–Kier alpha value is -3.06. The molecule has 140 valence electrons. The summed E-state index contributed by atoms with van der Waals surface area (Å²) in [6.07, 6.45) is 0.642. The van der Waals surface area contributed by atoms with Gasteiger partial charge in [-0.05, 0) is 50.7 Å². The van der Waals surface area contributed by atoms with E-state index in [4.69, 9.17) is 4.52 Å². The zero-order chi connectivity index (χ0) is 19.4. The molecule has 0 radical (unpaired) electrons. The minimum Gasteiger partial charge on any atom is -0.334 e. The fraction of sp³-hybridized carbons (Fsp3) is 0.250. The van der Waals surface area contributed by atoms with Crippen LogP contribution in [0.5, 0.6) is 0 Å². The van der Waals surface area contributed by atoms with Crippen LogP contribution in [-0.2, 0) is 6.42 Å². The lowest BCUT2D eigenvalue weighted by Crippen LogP contribution is -2.24. The van der Waals surface area contributed by atoms with Gasteiger partial charge in [-0.15, -0.1) is 0 Å². The molecule has 0 aliphatic rings. The molecule has 0 saturated heterocycles. The summed E-state index contributed by atoms with van der Waals surface area (Å²) in [4.78, 5) is 16.8. The predicted molar refractivity (Wildman–Crippen MR) is 101 cm³/mol. The monoisotopic (exact) mass is 368 g/mol. The third-order valence-electron chi connectivity index (χ3n) is 4.30. The summed E-state index contributed by atoms with van der Waals surface area (Å²) in [7, 11) is 1.87. The van der Waals surface area contributed by atoms with E-state index >= 15 is 0 Å². The van der Waals surface area contributed by atoms with Crippen LogP contribution < -0.4 is 10.6 Å². The number of hydrogen-bond acceptors (Lipinski definition) is 5. The molecule has 1 atom stereocenters. The molecule has 0 saturated carbocycles. The van der Waals surface area contributed by atoms with Crippen LogP contribution >= 0.6 is 0 Å². The molecule has 6 nitrogen and oxygen atoms in total. The smallest absolute Gasteiger partial charge is 0.258 e. The molecule has 1 heterocycles. The SMILES string of the molecule is CNC(C)Cc1noc(-c2ccc(C)c(NC(=O)c3ccccc3F)c2)n1. The second kappa shape index (κ2) is 8.09. The Labute approximate surface area is 156 Å². The van der Waals surface area contributed by atoms with Crippen LogP contribution in [0.2, 0.25) is 0 Å². The number of aromatic nitrogens is 2. The van der Waals surface area contributed by atoms with Crippen LogP contribution in [0.3, 0.4) is 0 Å². The van der Waals surface area contributed by atoms with Crippen LogP contribution in [-0.4, -0.2) is 29.1 Å². The zero-order valence-electron chi connectivity index (χ0n) is 15.4. The zero-order valence-corrected chi connectivity index (χ0v) is 15.4. The topological polar surface area (TPSA) is 80.0 Å². The lowest BCUT2D eigenvalue weighted by atomic mass is 10.1. The number of amides is 1. The normalized spacial score (nSPS) is 12.0. The van der Waals surface area contributed by atoms with Crippen molar-refractivity contribution in [3.63, 3.8) is 0 Å². The molecule has 7 heteroatoms. The maximum atomic E-state index is 13.8. The number of carbonyl (C=O) groups is 1. The van der Waals surface area contributed by atoms with E-state index in [0.717, 1.165) is 5.56 Å². The Kier molecular flexibility index (Phi) is 5.61. The number of aryl methyl sites for hydroxylation is 1. The van der Waals surface area contributed by atoms with E-state index in [1.54, 1.807) is 18.2 Å². The predicted octanol–water partition coefficient (Wildman–Crippen LogP) is 3.59. The standard InChI is InChI=1S/C20H21FN4O2/c1-12-8-9-14(20-24-18(25-27-20)10-13(2)22-3)11-17(12)23-19(26)15-6-4-5-7-16(15)21/h4-9,11,13,22H,10H2,1-3H3,(H,23,26). The van der Waals surface area contributed by atoms with Gasteiger partial charge in [0.15, 0.2) is 5.82 Å². The largest absolute Gasteiger partial charge is 0.334 e. The number of likely N-dealkylation sites (N-methyl/N-ethyl adjacent to an activating group) is 1. The number of anilines is 1. The molecule has 0 spiro atoms. The van der Waals surface area contributed by atoms with Gasteiger partial charge < -0.3 is 15.2 Å². The first-order chi connectivity index (χ1) is 13.0. The molecule has 1 unspecified atom stereocenters. The van der Waals surface area contributed by atoms with Crippen molar-refractivity contribution in [1.82, 2.24) is 15.5 Å². The number of halogens is 1. The molecule has 3 rings (SSSR count). The van der Waals surface area contributed by atoms with Crippen LogP contribution in [0.25, 0.3) is 11.5 Å². The van der Waals surface area contributed by atoms with Crippen molar-refractivity contribution in [3.8, 4) is 11.5 Å². The first-order valence-electron chi connectivity index (χ1n) is 8.64. The summed E-state index contributed by atoms with van der Waals surface area (Å²) in [5.41, 5.74) is 2.07. The molecule has 0 bridgehead atoms. The minimum absolute atomic E-state index is 0.0107. The van der Waals surface area contributed by atoms with E-state index in [1.165, 1.54) is 12.1 Å². The van der Waals surface area contributed by atoms with Crippen LogP contribution in [0.4, 0.5) is 10.1 Å². The van der Waals surface area contributed by atoms with Crippen molar-refractivity contribution in [2.75, 3.05) is 12.4 Å². The number of benzene rings is 2. The summed E-state index contributed by atoms with van der Waals surface area (Å²) in [6.45, 7) is 3.88. The van der Waals surface area contributed by atoms with E-state index in [-0.39, 0.29) is 11.6 Å². The van der Waals surface area contributed by atoms with E-state index in [2.05, 4.69) is 20.8 Å². The van der Waals surface area contributed by atoms with Crippen LogP contribution in [0.1, 0.15) is 28.7 Å². The summed E-state index contributed by atoms with van der Waals surface area (Å²) in [5.74, 6) is -0.106. The second-order valence-corrected chi connectivity index (χ2v) is 6.37. The molecule has 27 heavy (non-hydrogen) atoms. The minimum atomic E-state index is -0.566. The van der Waals surface area contributed by atoms with E-state index in [9.17, 15) is 9.18 Å². The number of hydrogen-bond donors (Lipinski definition) is 2. The molecular formula is C20H21FN4O2. The Morgan fingerprint density at radius 3 is 2.78 bits per heavy atom. The average Bonchev–Trinajstić information content (AvgIpc) is 3.12. The molecule has 2 aromatic carbocycles. The van der Waals surface area contributed by atoms with Gasteiger partial charge in [-0.2, -0.15) is 4.98 Å². The maximum Gasteiger partial charge on any atom is 0.258 e. The van der Waals surface area contributed by atoms with Crippen molar-refractivity contribution < 1.29 is 13.7 Å². The highest BCUT2D eigenvalue weighted by atomic mass is 19.1.